The first kappa shape index (κ1) is 22.1. The van der Waals surface area contributed by atoms with Crippen molar-refractivity contribution >= 4 is 40.5 Å². The first-order chi connectivity index (χ1) is 15.1. The zero-order valence-electron chi connectivity index (χ0n) is 16.6. The minimum absolute atomic E-state index is 0.241. The number of para-hydroxylation sites is 1. The van der Waals surface area contributed by atoms with Gasteiger partial charge in [0.1, 0.15) is 6.61 Å². The molecule has 0 fully saturated rings. The highest BCUT2D eigenvalue weighted by molar-refractivity contribution is 14.1. The lowest BCUT2D eigenvalue weighted by atomic mass is 10.1. The van der Waals surface area contributed by atoms with Crippen LogP contribution in [0.5, 0.6) is 11.5 Å². The molecule has 0 aliphatic rings. The molecule has 0 radical (unpaired) electrons. The topological polar surface area (TPSA) is 95.7 Å². The van der Waals surface area contributed by atoms with Gasteiger partial charge in [-0.25, -0.2) is 10.2 Å². The molecule has 156 valence electrons. The molecule has 0 saturated carbocycles. The van der Waals surface area contributed by atoms with Crippen LogP contribution in [-0.4, -0.2) is 19.4 Å². The van der Waals surface area contributed by atoms with Gasteiger partial charge in [-0.2, -0.15) is 10.4 Å². The van der Waals surface area contributed by atoms with Gasteiger partial charge in [0.2, 0.25) is 0 Å². The monoisotopic (exact) mass is 526 g/mol. The molecule has 3 aromatic carbocycles. The van der Waals surface area contributed by atoms with Crippen LogP contribution in [0.4, 0.5) is 10.5 Å². The lowest BCUT2D eigenvalue weighted by Gasteiger charge is -2.14. The molecule has 0 heterocycles. The minimum Gasteiger partial charge on any atom is -0.493 e. The first-order valence-corrected chi connectivity index (χ1v) is 10.3. The van der Waals surface area contributed by atoms with Crippen LogP contribution in [0.25, 0.3) is 0 Å². The number of urea groups is 1. The van der Waals surface area contributed by atoms with Crippen molar-refractivity contribution in [3.63, 3.8) is 0 Å². The van der Waals surface area contributed by atoms with Crippen LogP contribution in [-0.2, 0) is 6.61 Å². The Morgan fingerprint density at radius 3 is 2.65 bits per heavy atom. The normalized spacial score (nSPS) is 10.4. The van der Waals surface area contributed by atoms with Gasteiger partial charge < -0.3 is 14.8 Å². The summed E-state index contributed by atoms with van der Waals surface area (Å²) in [6.45, 7) is 0.241. The zero-order valence-corrected chi connectivity index (χ0v) is 18.8. The molecule has 2 amide bonds. The van der Waals surface area contributed by atoms with Gasteiger partial charge in [-0.1, -0.05) is 36.4 Å². The molecule has 7 nitrogen and oxygen atoms in total. The maximum Gasteiger partial charge on any atom is 0.339 e. The summed E-state index contributed by atoms with van der Waals surface area (Å²) in [6, 6.07) is 21.7. The van der Waals surface area contributed by atoms with E-state index >= 15 is 0 Å². The van der Waals surface area contributed by atoms with E-state index in [2.05, 4.69) is 44.5 Å². The molecule has 0 unspecified atom stereocenters. The first-order valence-electron chi connectivity index (χ1n) is 9.24. The van der Waals surface area contributed by atoms with Crippen LogP contribution in [0.3, 0.4) is 0 Å². The van der Waals surface area contributed by atoms with E-state index in [1.807, 2.05) is 42.5 Å². The van der Waals surface area contributed by atoms with Crippen molar-refractivity contribution in [2.45, 2.75) is 6.61 Å². The van der Waals surface area contributed by atoms with Gasteiger partial charge in [-0.3, -0.25) is 0 Å². The van der Waals surface area contributed by atoms with Crippen molar-refractivity contribution < 1.29 is 14.3 Å². The van der Waals surface area contributed by atoms with Gasteiger partial charge in [0.15, 0.2) is 11.5 Å². The molecule has 8 heteroatoms. The third-order valence-corrected chi connectivity index (χ3v) is 4.97. The van der Waals surface area contributed by atoms with Crippen molar-refractivity contribution in [3.05, 3.63) is 87.0 Å². The molecule has 0 aromatic heterocycles. The number of benzene rings is 3. The number of carbonyl (C=O) groups is 1. The summed E-state index contributed by atoms with van der Waals surface area (Å²) in [5.41, 5.74) is 5.19. The van der Waals surface area contributed by atoms with Crippen molar-refractivity contribution in [3.8, 4) is 17.6 Å². The van der Waals surface area contributed by atoms with Crippen LogP contribution in [0.1, 0.15) is 16.7 Å². The summed E-state index contributed by atoms with van der Waals surface area (Å²) in [7, 11) is 1.55. The Morgan fingerprint density at radius 2 is 1.90 bits per heavy atom. The van der Waals surface area contributed by atoms with Crippen LogP contribution in [0, 0.1) is 14.9 Å². The number of ether oxygens (including phenoxy) is 2. The van der Waals surface area contributed by atoms with Crippen LogP contribution >= 0.6 is 22.6 Å². The second-order valence-electron chi connectivity index (χ2n) is 6.28. The maximum absolute atomic E-state index is 11.9. The summed E-state index contributed by atoms with van der Waals surface area (Å²) >= 11 is 2.14. The second kappa shape index (κ2) is 11.0. The number of anilines is 1. The Bertz CT molecular complexity index is 1130. The van der Waals surface area contributed by atoms with Gasteiger partial charge >= 0.3 is 6.03 Å². The van der Waals surface area contributed by atoms with E-state index < -0.39 is 6.03 Å². The number of hydrogen-bond donors (Lipinski definition) is 2. The number of hydrazone groups is 1. The average Bonchev–Trinajstić information content (AvgIpc) is 2.79. The molecular weight excluding hydrogens is 507 g/mol. The van der Waals surface area contributed by atoms with Crippen LogP contribution < -0.4 is 20.2 Å². The van der Waals surface area contributed by atoms with Gasteiger partial charge in [0, 0.05) is 11.3 Å². The molecule has 0 aliphatic carbocycles. The minimum atomic E-state index is -0.444. The lowest BCUT2D eigenvalue weighted by Crippen LogP contribution is -2.24. The van der Waals surface area contributed by atoms with Crippen molar-refractivity contribution in [2.24, 2.45) is 5.10 Å². The number of nitriles is 1. The third-order valence-electron chi connectivity index (χ3n) is 4.17. The second-order valence-corrected chi connectivity index (χ2v) is 7.44. The van der Waals surface area contributed by atoms with Crippen molar-refractivity contribution in [1.82, 2.24) is 5.43 Å². The molecule has 2 N–H and O–H groups in total. The SMILES string of the molecule is COc1cc(/C=N/NC(=O)Nc2ccccc2)cc(I)c1OCc1ccccc1C#N. The van der Waals surface area contributed by atoms with E-state index in [9.17, 15) is 10.1 Å². The molecule has 0 spiro atoms. The fourth-order valence-electron chi connectivity index (χ4n) is 2.71. The van der Waals surface area contributed by atoms with Gasteiger partial charge in [0.05, 0.1) is 28.5 Å². The van der Waals surface area contributed by atoms with Crippen molar-refractivity contribution in [2.75, 3.05) is 12.4 Å². The fourth-order valence-corrected chi connectivity index (χ4v) is 3.49. The third kappa shape index (κ3) is 6.20. The number of carbonyl (C=O) groups excluding carboxylic acids is 1. The summed E-state index contributed by atoms with van der Waals surface area (Å²) in [5, 5.41) is 15.9. The highest BCUT2D eigenvalue weighted by Crippen LogP contribution is 2.34. The zero-order chi connectivity index (χ0) is 22.1. The van der Waals surface area contributed by atoms with Gasteiger partial charge in [-0.05, 0) is 58.5 Å². The summed E-state index contributed by atoms with van der Waals surface area (Å²) in [4.78, 5) is 11.9. The van der Waals surface area contributed by atoms with Gasteiger partial charge in [0.25, 0.3) is 0 Å². The molecule has 0 bridgehead atoms. The number of halogens is 1. The number of nitrogens with one attached hydrogen (secondary N) is 2. The van der Waals surface area contributed by atoms with Crippen LogP contribution in [0.2, 0.25) is 0 Å². The molecule has 0 saturated heterocycles. The predicted octanol–water partition coefficient (Wildman–Crippen LogP) is 4.91. The van der Waals surface area contributed by atoms with E-state index in [-0.39, 0.29) is 6.61 Å². The largest absolute Gasteiger partial charge is 0.493 e. The standard InChI is InChI=1S/C23H19IN4O3/c1-30-21-12-16(14-26-28-23(29)27-19-9-3-2-4-10-19)11-20(24)22(21)31-15-18-8-6-5-7-17(18)13-25/h2-12,14H,15H2,1H3,(H2,27,28,29)/b26-14+. The number of amides is 2. The Kier molecular flexibility index (Phi) is 7.84. The smallest absolute Gasteiger partial charge is 0.339 e. The summed E-state index contributed by atoms with van der Waals surface area (Å²) in [6.07, 6.45) is 1.52. The Morgan fingerprint density at radius 1 is 1.16 bits per heavy atom. The van der Waals surface area contributed by atoms with E-state index in [0.29, 0.717) is 22.7 Å². The van der Waals surface area contributed by atoms with E-state index in [4.69, 9.17) is 9.47 Å². The molecule has 3 rings (SSSR count). The highest BCUT2D eigenvalue weighted by Gasteiger charge is 2.12. The van der Waals surface area contributed by atoms with Gasteiger partial charge in [-0.15, -0.1) is 0 Å². The van der Waals surface area contributed by atoms with E-state index in [1.165, 1.54) is 6.21 Å². The van der Waals surface area contributed by atoms with Crippen LogP contribution in [0.15, 0.2) is 71.8 Å². The number of hydrogen-bond acceptors (Lipinski definition) is 5. The number of rotatable bonds is 7. The quantitative estimate of drug-likeness (QED) is 0.260. The van der Waals surface area contributed by atoms with E-state index in [1.54, 1.807) is 31.4 Å². The molecular formula is C23H19IN4O3. The Labute approximate surface area is 193 Å². The Hall–Kier alpha value is -3.58. The molecule has 0 aliphatic heterocycles. The highest BCUT2D eigenvalue weighted by atomic mass is 127. The molecule has 31 heavy (non-hydrogen) atoms. The molecule has 3 aromatic rings. The number of methoxy groups -OCH3 is 1. The molecule has 0 atom stereocenters. The Balaban J connectivity index is 1.66. The average molecular weight is 526 g/mol. The van der Waals surface area contributed by atoms with E-state index in [0.717, 1.165) is 14.7 Å². The maximum atomic E-state index is 11.9. The fraction of sp³-hybridized carbons (Fsp3) is 0.0870. The summed E-state index contributed by atoms with van der Waals surface area (Å²) in [5.74, 6) is 1.10. The van der Waals surface area contributed by atoms with Crippen molar-refractivity contribution in [1.29, 1.82) is 5.26 Å². The predicted molar refractivity (Wildman–Crippen MR) is 127 cm³/mol. The number of nitrogens with zero attached hydrogens (tertiary/aromatic N) is 2. The summed E-state index contributed by atoms with van der Waals surface area (Å²) < 4.78 is 12.2. The lowest BCUT2D eigenvalue weighted by molar-refractivity contribution is 0.252.